The summed E-state index contributed by atoms with van der Waals surface area (Å²) in [6.45, 7) is 2.18. The van der Waals surface area contributed by atoms with E-state index in [1.54, 1.807) is 18.2 Å². The van der Waals surface area contributed by atoms with Gasteiger partial charge in [0.05, 0.1) is 13.2 Å². The normalized spacial score (nSPS) is 10.3. The smallest absolute Gasteiger partial charge is 0.286 e. The summed E-state index contributed by atoms with van der Waals surface area (Å²) in [7, 11) is 0. The van der Waals surface area contributed by atoms with Gasteiger partial charge in [0.2, 0.25) is 9.47 Å². The topological polar surface area (TPSA) is 84.3 Å². The Morgan fingerprint density at radius 2 is 2.30 bits per heavy atom. The number of ether oxygens (including phenoxy) is 1. The molecule has 1 aromatic heterocycles. The number of amides is 1. The Labute approximate surface area is 124 Å². The number of anilines is 1. The SMILES string of the molecule is CCOc1ccc(NC(=O)c2nnc(Cl)s2)cc1CO. The molecule has 8 heteroatoms. The van der Waals surface area contributed by atoms with Crippen LogP contribution in [0.2, 0.25) is 4.47 Å². The molecule has 0 spiro atoms. The molecule has 1 aromatic carbocycles. The number of nitrogens with one attached hydrogen (secondary N) is 1. The minimum absolute atomic E-state index is 0.175. The summed E-state index contributed by atoms with van der Waals surface area (Å²) in [5.74, 6) is 0.189. The lowest BCUT2D eigenvalue weighted by molar-refractivity contribution is 0.102. The second kappa shape index (κ2) is 6.65. The van der Waals surface area contributed by atoms with E-state index < -0.39 is 5.91 Å². The Balaban J connectivity index is 2.15. The van der Waals surface area contributed by atoms with Gasteiger partial charge in [0.15, 0.2) is 0 Å². The van der Waals surface area contributed by atoms with E-state index in [-0.39, 0.29) is 16.1 Å². The fourth-order valence-electron chi connectivity index (χ4n) is 1.56. The highest BCUT2D eigenvalue weighted by Gasteiger charge is 2.13. The molecule has 1 heterocycles. The van der Waals surface area contributed by atoms with Crippen molar-refractivity contribution in [3.8, 4) is 5.75 Å². The van der Waals surface area contributed by atoms with Gasteiger partial charge in [-0.05, 0) is 36.7 Å². The molecule has 0 saturated heterocycles. The number of hydrogen-bond donors (Lipinski definition) is 2. The molecule has 0 saturated carbocycles. The molecule has 2 aromatic rings. The number of rotatable bonds is 5. The van der Waals surface area contributed by atoms with Crippen molar-refractivity contribution in [2.75, 3.05) is 11.9 Å². The van der Waals surface area contributed by atoms with Crippen LogP contribution in [0.1, 0.15) is 22.3 Å². The van der Waals surface area contributed by atoms with E-state index >= 15 is 0 Å². The molecule has 0 fully saturated rings. The van der Waals surface area contributed by atoms with E-state index in [4.69, 9.17) is 16.3 Å². The molecule has 0 atom stereocenters. The third kappa shape index (κ3) is 3.44. The van der Waals surface area contributed by atoms with Crippen LogP contribution in [0.25, 0.3) is 0 Å². The number of halogens is 1. The first-order chi connectivity index (χ1) is 9.63. The summed E-state index contributed by atoms with van der Waals surface area (Å²) >= 11 is 6.62. The molecule has 106 valence electrons. The highest BCUT2D eigenvalue weighted by atomic mass is 35.5. The molecule has 0 aliphatic rings. The fraction of sp³-hybridized carbons (Fsp3) is 0.250. The zero-order valence-corrected chi connectivity index (χ0v) is 12.2. The summed E-state index contributed by atoms with van der Waals surface area (Å²) in [5.41, 5.74) is 1.13. The molecule has 6 nitrogen and oxygen atoms in total. The number of hydrogen-bond acceptors (Lipinski definition) is 6. The predicted octanol–water partition coefficient (Wildman–Crippen LogP) is 2.33. The van der Waals surface area contributed by atoms with Crippen LogP contribution in [0.15, 0.2) is 18.2 Å². The van der Waals surface area contributed by atoms with Crippen LogP contribution in [0, 0.1) is 0 Å². The van der Waals surface area contributed by atoms with Crippen molar-refractivity contribution >= 4 is 34.5 Å². The maximum atomic E-state index is 11.9. The second-order valence-corrected chi connectivity index (χ2v) is 5.29. The van der Waals surface area contributed by atoms with Gasteiger partial charge in [-0.1, -0.05) is 11.3 Å². The Morgan fingerprint density at radius 1 is 1.50 bits per heavy atom. The lowest BCUT2D eigenvalue weighted by Crippen LogP contribution is -2.12. The first kappa shape index (κ1) is 14.7. The minimum Gasteiger partial charge on any atom is -0.494 e. The number of nitrogens with zero attached hydrogens (tertiary/aromatic N) is 2. The fourth-order valence-corrected chi connectivity index (χ4v) is 2.28. The highest BCUT2D eigenvalue weighted by molar-refractivity contribution is 7.17. The van der Waals surface area contributed by atoms with Crippen molar-refractivity contribution in [3.63, 3.8) is 0 Å². The van der Waals surface area contributed by atoms with Gasteiger partial charge in [-0.25, -0.2) is 0 Å². The van der Waals surface area contributed by atoms with Crippen molar-refractivity contribution < 1.29 is 14.6 Å². The van der Waals surface area contributed by atoms with Crippen LogP contribution in [-0.2, 0) is 6.61 Å². The Hall–Kier alpha value is -1.70. The summed E-state index contributed by atoms with van der Waals surface area (Å²) in [6, 6.07) is 5.02. The number of aliphatic hydroxyl groups is 1. The maximum absolute atomic E-state index is 11.9. The molecule has 0 bridgehead atoms. The van der Waals surface area contributed by atoms with Gasteiger partial charge < -0.3 is 15.2 Å². The van der Waals surface area contributed by atoms with Crippen LogP contribution in [0.4, 0.5) is 5.69 Å². The van der Waals surface area contributed by atoms with Gasteiger partial charge in [0, 0.05) is 11.3 Å². The number of aromatic nitrogens is 2. The average Bonchev–Trinajstić information content (AvgIpc) is 2.87. The van der Waals surface area contributed by atoms with Gasteiger partial charge in [-0.3, -0.25) is 4.79 Å². The monoisotopic (exact) mass is 313 g/mol. The first-order valence-electron chi connectivity index (χ1n) is 5.81. The standard InChI is InChI=1S/C12H12ClN3O3S/c1-2-19-9-4-3-8(5-7(9)6-17)14-10(18)11-15-16-12(13)20-11/h3-5,17H,2,6H2,1H3,(H,14,18). The van der Waals surface area contributed by atoms with E-state index in [9.17, 15) is 9.90 Å². The van der Waals surface area contributed by atoms with E-state index in [1.807, 2.05) is 6.92 Å². The van der Waals surface area contributed by atoms with Gasteiger partial charge in [0.25, 0.3) is 5.91 Å². The lowest BCUT2D eigenvalue weighted by Gasteiger charge is -2.10. The van der Waals surface area contributed by atoms with Crippen LogP contribution in [-0.4, -0.2) is 27.8 Å². The van der Waals surface area contributed by atoms with Crippen molar-refractivity contribution in [1.82, 2.24) is 10.2 Å². The third-order valence-electron chi connectivity index (χ3n) is 2.38. The number of carbonyl (C=O) groups excluding carboxylic acids is 1. The average molecular weight is 314 g/mol. The maximum Gasteiger partial charge on any atom is 0.286 e. The number of carbonyl (C=O) groups is 1. The Kier molecular flexibility index (Phi) is 4.89. The van der Waals surface area contributed by atoms with Gasteiger partial charge in [-0.2, -0.15) is 0 Å². The zero-order valence-electron chi connectivity index (χ0n) is 10.6. The number of aliphatic hydroxyl groups excluding tert-OH is 1. The van der Waals surface area contributed by atoms with Gasteiger partial charge in [0.1, 0.15) is 5.75 Å². The molecular weight excluding hydrogens is 302 g/mol. The first-order valence-corrected chi connectivity index (χ1v) is 7.00. The molecule has 1 amide bonds. The summed E-state index contributed by atoms with van der Waals surface area (Å²) in [4.78, 5) is 11.9. The predicted molar refractivity (Wildman–Crippen MR) is 76.4 cm³/mol. The quantitative estimate of drug-likeness (QED) is 0.885. The third-order valence-corrected chi connectivity index (χ3v) is 3.40. The van der Waals surface area contributed by atoms with E-state index in [1.165, 1.54) is 0 Å². The zero-order chi connectivity index (χ0) is 14.5. The largest absolute Gasteiger partial charge is 0.494 e. The Morgan fingerprint density at radius 3 is 2.90 bits per heavy atom. The molecule has 0 aliphatic carbocycles. The van der Waals surface area contributed by atoms with Crippen molar-refractivity contribution in [2.45, 2.75) is 13.5 Å². The van der Waals surface area contributed by atoms with Gasteiger partial charge >= 0.3 is 0 Å². The van der Waals surface area contributed by atoms with E-state index in [0.29, 0.717) is 23.6 Å². The molecule has 20 heavy (non-hydrogen) atoms. The molecule has 0 unspecified atom stereocenters. The van der Waals surface area contributed by atoms with Crippen molar-refractivity contribution in [3.05, 3.63) is 33.2 Å². The molecular formula is C12H12ClN3O3S. The van der Waals surface area contributed by atoms with E-state index in [2.05, 4.69) is 15.5 Å². The van der Waals surface area contributed by atoms with Crippen LogP contribution >= 0.6 is 22.9 Å². The van der Waals surface area contributed by atoms with Crippen LogP contribution in [0.5, 0.6) is 5.75 Å². The summed E-state index contributed by atoms with van der Waals surface area (Å²) in [6.07, 6.45) is 0. The summed E-state index contributed by atoms with van der Waals surface area (Å²) < 4.78 is 5.57. The van der Waals surface area contributed by atoms with E-state index in [0.717, 1.165) is 11.3 Å². The highest BCUT2D eigenvalue weighted by Crippen LogP contribution is 2.24. The molecule has 2 rings (SSSR count). The van der Waals surface area contributed by atoms with Crippen molar-refractivity contribution in [2.24, 2.45) is 0 Å². The van der Waals surface area contributed by atoms with Gasteiger partial charge in [-0.15, -0.1) is 10.2 Å². The lowest BCUT2D eigenvalue weighted by atomic mass is 10.2. The molecule has 0 radical (unpaired) electrons. The molecule has 2 N–H and O–H groups in total. The van der Waals surface area contributed by atoms with Crippen LogP contribution < -0.4 is 10.1 Å². The number of benzene rings is 1. The van der Waals surface area contributed by atoms with Crippen LogP contribution in [0.3, 0.4) is 0 Å². The Bertz CT molecular complexity index is 618. The summed E-state index contributed by atoms with van der Waals surface area (Å²) in [5, 5.41) is 19.3. The molecule has 0 aliphatic heterocycles. The van der Waals surface area contributed by atoms with Crippen molar-refractivity contribution in [1.29, 1.82) is 0 Å². The minimum atomic E-state index is -0.401. The second-order valence-electron chi connectivity index (χ2n) is 3.73.